The number of carboxylic acids is 1. The van der Waals surface area contributed by atoms with Gasteiger partial charge in [0.1, 0.15) is 11.9 Å². The van der Waals surface area contributed by atoms with Crippen molar-refractivity contribution in [3.05, 3.63) is 46.2 Å². The highest BCUT2D eigenvalue weighted by atomic mass is 19.2. The Morgan fingerprint density at radius 3 is 2.58 bits per heavy atom. The van der Waals surface area contributed by atoms with Gasteiger partial charge in [-0.05, 0) is 50.8 Å². The predicted molar refractivity (Wildman–Crippen MR) is 141 cm³/mol. The van der Waals surface area contributed by atoms with Crippen LogP contribution in [0.4, 0.5) is 13.6 Å². The monoisotopic (exact) mass is 559 g/mol. The lowest BCUT2D eigenvalue weighted by molar-refractivity contribution is -0.147. The molecule has 2 atom stereocenters. The molecular weight excluding hydrogens is 524 g/mol. The summed E-state index contributed by atoms with van der Waals surface area (Å²) in [6.45, 7) is 7.08. The molecule has 1 aromatic rings. The molecule has 12 heteroatoms. The largest absolute Gasteiger partial charge is 0.481 e. The smallest absolute Gasteiger partial charge is 0.338 e. The minimum atomic E-state index is -1.07. The second-order valence-electron chi connectivity index (χ2n) is 11.7. The number of aliphatic imine (C=N–C) groups is 1. The third kappa shape index (κ3) is 5.16. The summed E-state index contributed by atoms with van der Waals surface area (Å²) in [5, 5.41) is 12.9. The van der Waals surface area contributed by atoms with Gasteiger partial charge in [-0.1, -0.05) is 6.07 Å². The minimum Gasteiger partial charge on any atom is -0.481 e. The van der Waals surface area contributed by atoms with Crippen LogP contribution in [-0.2, 0) is 14.3 Å². The minimum absolute atomic E-state index is 0.0917. The van der Waals surface area contributed by atoms with Gasteiger partial charge in [0.05, 0.1) is 24.1 Å². The van der Waals surface area contributed by atoms with Crippen molar-refractivity contribution in [1.29, 1.82) is 0 Å². The van der Waals surface area contributed by atoms with Gasteiger partial charge in [-0.15, -0.1) is 0 Å². The fourth-order valence-electron chi connectivity index (χ4n) is 5.73. The van der Waals surface area contributed by atoms with Crippen molar-refractivity contribution in [1.82, 2.24) is 20.0 Å². The zero-order valence-corrected chi connectivity index (χ0v) is 23.2. The average Bonchev–Trinajstić information content (AvgIpc) is 3.72. The van der Waals surface area contributed by atoms with Crippen molar-refractivity contribution in [3.63, 3.8) is 0 Å². The summed E-state index contributed by atoms with van der Waals surface area (Å²) in [5.41, 5.74) is 0.269. The maximum atomic E-state index is 14.6. The van der Waals surface area contributed by atoms with Crippen molar-refractivity contribution in [2.24, 2.45) is 16.3 Å². The number of hydrogen-bond acceptors (Lipinski definition) is 7. The molecule has 40 heavy (non-hydrogen) atoms. The number of nitrogens with one attached hydrogen (secondary N) is 1. The van der Waals surface area contributed by atoms with Crippen LogP contribution in [0.25, 0.3) is 0 Å². The van der Waals surface area contributed by atoms with Crippen molar-refractivity contribution in [2.75, 3.05) is 46.4 Å². The van der Waals surface area contributed by atoms with Gasteiger partial charge in [0.15, 0.2) is 11.6 Å². The summed E-state index contributed by atoms with van der Waals surface area (Å²) in [6.07, 6.45) is 1.89. The number of carboxylic acid groups (broad SMARTS) is 1. The van der Waals surface area contributed by atoms with E-state index in [1.807, 2.05) is 0 Å². The van der Waals surface area contributed by atoms with Crippen LogP contribution in [-0.4, -0.2) is 96.0 Å². The lowest BCUT2D eigenvalue weighted by Gasteiger charge is -2.38. The SMILES string of the molecule is COC(=O)C1=C(CN2CCN3C(=O)N(CC(C)(C)C(=O)O)CC3C2)NC(C2CC2)=N[C@H]1c1ccc(F)c(F)c1C. The molecule has 5 rings (SSSR count). The predicted octanol–water partition coefficient (Wildman–Crippen LogP) is 2.69. The third-order valence-corrected chi connectivity index (χ3v) is 8.25. The van der Waals surface area contributed by atoms with E-state index in [9.17, 15) is 28.3 Å². The second kappa shape index (κ2) is 10.5. The topological polar surface area (TPSA) is 115 Å². The lowest BCUT2D eigenvalue weighted by atomic mass is 9.91. The number of fused-ring (bicyclic) bond motifs is 1. The number of rotatable bonds is 8. The average molecular weight is 560 g/mol. The number of hydrogen-bond donors (Lipinski definition) is 2. The summed E-state index contributed by atoms with van der Waals surface area (Å²) < 4.78 is 33.7. The first-order valence-electron chi connectivity index (χ1n) is 13.5. The number of methoxy groups -OCH3 is 1. The number of esters is 1. The number of amides is 2. The fourth-order valence-corrected chi connectivity index (χ4v) is 5.73. The van der Waals surface area contributed by atoms with E-state index in [-0.39, 0.29) is 35.7 Å². The van der Waals surface area contributed by atoms with Crippen LogP contribution in [0.3, 0.4) is 0 Å². The summed E-state index contributed by atoms with van der Waals surface area (Å²) in [5.74, 6) is -2.58. The normalized spacial score (nSPS) is 23.6. The maximum absolute atomic E-state index is 14.6. The van der Waals surface area contributed by atoms with Crippen molar-refractivity contribution in [2.45, 2.75) is 45.7 Å². The van der Waals surface area contributed by atoms with Gasteiger partial charge < -0.3 is 25.0 Å². The van der Waals surface area contributed by atoms with Crippen LogP contribution < -0.4 is 5.32 Å². The first kappa shape index (κ1) is 28.0. The Kier molecular flexibility index (Phi) is 7.32. The Balaban J connectivity index is 1.41. The number of benzene rings is 1. The Morgan fingerprint density at radius 2 is 1.93 bits per heavy atom. The number of nitrogens with zero attached hydrogens (tertiary/aromatic N) is 4. The van der Waals surface area contributed by atoms with Crippen LogP contribution in [0, 0.1) is 29.9 Å². The second-order valence-corrected chi connectivity index (χ2v) is 11.7. The van der Waals surface area contributed by atoms with Crippen LogP contribution in [0.15, 0.2) is 28.4 Å². The van der Waals surface area contributed by atoms with Gasteiger partial charge in [-0.25, -0.2) is 18.4 Å². The van der Waals surface area contributed by atoms with E-state index >= 15 is 0 Å². The lowest BCUT2D eigenvalue weighted by Crippen LogP contribution is -2.53. The number of amidine groups is 1. The van der Waals surface area contributed by atoms with Gasteiger partial charge in [0.2, 0.25) is 0 Å². The standard InChI is InChI=1S/C28H35F2N5O5/c1-15-18(7-8-19(29)22(15)30)23-21(25(36)40-4)20(31-24(32-23)16-5-6-16)13-33-9-10-35-17(11-33)12-34(27(35)39)14-28(2,3)26(37)38/h7-8,16-17,23H,5-6,9-14H2,1-4H3,(H,31,32)(H,37,38)/t17?,23-/m0/s1. The Bertz CT molecular complexity index is 1310. The maximum Gasteiger partial charge on any atom is 0.338 e. The molecule has 2 saturated heterocycles. The number of piperazine rings is 1. The molecule has 4 aliphatic rings. The summed E-state index contributed by atoms with van der Waals surface area (Å²) in [6, 6.07) is 1.37. The summed E-state index contributed by atoms with van der Waals surface area (Å²) in [7, 11) is 1.28. The fraction of sp³-hybridized carbons (Fsp3) is 0.571. The van der Waals surface area contributed by atoms with Crippen LogP contribution in [0.5, 0.6) is 0 Å². The molecule has 1 aliphatic carbocycles. The van der Waals surface area contributed by atoms with E-state index in [0.29, 0.717) is 49.8 Å². The highest BCUT2D eigenvalue weighted by Crippen LogP contribution is 2.39. The number of carbonyl (C=O) groups is 3. The molecule has 10 nitrogen and oxygen atoms in total. The van der Waals surface area contributed by atoms with E-state index in [0.717, 1.165) is 18.9 Å². The molecule has 3 fully saturated rings. The number of urea groups is 1. The van der Waals surface area contributed by atoms with Crippen molar-refractivity contribution < 1.29 is 33.0 Å². The molecular formula is C28H35F2N5O5. The Morgan fingerprint density at radius 1 is 1.20 bits per heavy atom. The quantitative estimate of drug-likeness (QED) is 0.471. The molecule has 216 valence electrons. The van der Waals surface area contributed by atoms with E-state index < -0.39 is 35.0 Å². The van der Waals surface area contributed by atoms with Gasteiger partial charge in [0.25, 0.3) is 0 Å². The number of halogens is 2. The Hall–Kier alpha value is -3.54. The number of carbonyl (C=O) groups excluding carboxylic acids is 2. The first-order chi connectivity index (χ1) is 18.9. The molecule has 3 heterocycles. The molecule has 2 N–H and O–H groups in total. The van der Waals surface area contributed by atoms with Gasteiger partial charge in [0, 0.05) is 50.9 Å². The molecule has 1 saturated carbocycles. The van der Waals surface area contributed by atoms with Crippen LogP contribution in [0.2, 0.25) is 0 Å². The van der Waals surface area contributed by atoms with E-state index in [2.05, 4.69) is 10.2 Å². The molecule has 1 aromatic carbocycles. The highest BCUT2D eigenvalue weighted by molar-refractivity contribution is 5.97. The first-order valence-corrected chi connectivity index (χ1v) is 13.5. The molecule has 0 spiro atoms. The van der Waals surface area contributed by atoms with E-state index in [1.54, 1.807) is 23.6 Å². The Labute approximate surface area is 231 Å². The highest BCUT2D eigenvalue weighted by Gasteiger charge is 2.44. The van der Waals surface area contributed by atoms with Gasteiger partial charge in [-0.3, -0.25) is 14.7 Å². The van der Waals surface area contributed by atoms with Gasteiger partial charge >= 0.3 is 18.0 Å². The van der Waals surface area contributed by atoms with E-state index in [1.165, 1.54) is 20.1 Å². The van der Waals surface area contributed by atoms with Crippen molar-refractivity contribution in [3.8, 4) is 0 Å². The zero-order valence-electron chi connectivity index (χ0n) is 23.2. The van der Waals surface area contributed by atoms with Crippen LogP contribution >= 0.6 is 0 Å². The third-order valence-electron chi connectivity index (χ3n) is 8.25. The molecule has 0 radical (unpaired) electrons. The molecule has 0 bridgehead atoms. The number of ether oxygens (including phenoxy) is 1. The van der Waals surface area contributed by atoms with Gasteiger partial charge in [-0.2, -0.15) is 0 Å². The van der Waals surface area contributed by atoms with Crippen molar-refractivity contribution >= 4 is 23.8 Å². The summed E-state index contributed by atoms with van der Waals surface area (Å²) in [4.78, 5) is 48.1. The molecule has 2 amide bonds. The van der Waals surface area contributed by atoms with Crippen LogP contribution in [0.1, 0.15) is 43.9 Å². The molecule has 1 unspecified atom stereocenters. The summed E-state index contributed by atoms with van der Waals surface area (Å²) >= 11 is 0. The number of aliphatic carboxylic acids is 1. The zero-order chi connectivity index (χ0) is 28.9. The van der Waals surface area contributed by atoms with E-state index in [4.69, 9.17) is 9.73 Å². The molecule has 3 aliphatic heterocycles. The molecule has 0 aromatic heterocycles.